The number of halogens is 1. The Bertz CT molecular complexity index is 761. The van der Waals surface area contributed by atoms with Gasteiger partial charge in [-0.1, -0.05) is 18.0 Å². The number of furan rings is 1. The highest BCUT2D eigenvalue weighted by atomic mass is 35.5. The molecule has 2 amide bonds. The Kier molecular flexibility index (Phi) is 5.40. The number of hydrogen-bond acceptors (Lipinski definition) is 4. The maximum absolute atomic E-state index is 12.2. The Labute approximate surface area is 150 Å². The van der Waals surface area contributed by atoms with Crippen LogP contribution in [0, 0.1) is 5.92 Å². The van der Waals surface area contributed by atoms with Gasteiger partial charge in [0.2, 0.25) is 5.91 Å². The number of nitrogens with two attached hydrogens (primary N) is 1. The molecule has 6 nitrogen and oxygen atoms in total. The molecule has 7 heteroatoms. The molecule has 1 heterocycles. The third-order valence-corrected chi connectivity index (χ3v) is 4.72. The molecule has 0 aliphatic heterocycles. The van der Waals surface area contributed by atoms with Crippen LogP contribution in [0.25, 0.3) is 0 Å². The number of benzene rings is 1. The Morgan fingerprint density at radius 3 is 2.72 bits per heavy atom. The molecular formula is C18H20ClN3O3. The predicted octanol–water partition coefficient (Wildman–Crippen LogP) is 3.64. The molecule has 132 valence electrons. The van der Waals surface area contributed by atoms with Crippen molar-refractivity contribution in [2.75, 3.05) is 10.6 Å². The molecule has 25 heavy (non-hydrogen) atoms. The highest BCUT2D eigenvalue weighted by Gasteiger charge is 2.26. The third-order valence-electron chi connectivity index (χ3n) is 4.41. The van der Waals surface area contributed by atoms with E-state index in [9.17, 15) is 9.59 Å². The summed E-state index contributed by atoms with van der Waals surface area (Å²) >= 11 is 6.20. The highest BCUT2D eigenvalue weighted by Crippen LogP contribution is 2.29. The summed E-state index contributed by atoms with van der Waals surface area (Å²) in [6.45, 7) is 0. The molecule has 1 saturated carbocycles. The van der Waals surface area contributed by atoms with Crippen molar-refractivity contribution >= 4 is 34.8 Å². The smallest absolute Gasteiger partial charge is 0.291 e. The Hall–Kier alpha value is -2.31. The van der Waals surface area contributed by atoms with Crippen LogP contribution >= 0.6 is 11.6 Å². The summed E-state index contributed by atoms with van der Waals surface area (Å²) in [6, 6.07) is 8.23. The SMILES string of the molecule is N[C@@H]1CCC[C@H]1CC(=O)Nc1ccc(NC(=O)c2ccco2)c(Cl)c1. The monoisotopic (exact) mass is 361 g/mol. The molecule has 1 aromatic heterocycles. The summed E-state index contributed by atoms with van der Waals surface area (Å²) in [5.74, 6) is -0.0339. The van der Waals surface area contributed by atoms with Gasteiger partial charge >= 0.3 is 0 Å². The lowest BCUT2D eigenvalue weighted by atomic mass is 10.00. The van der Waals surface area contributed by atoms with Crippen LogP contribution < -0.4 is 16.4 Å². The lowest BCUT2D eigenvalue weighted by Gasteiger charge is -2.15. The number of carbonyl (C=O) groups excluding carboxylic acids is 2. The number of nitrogens with one attached hydrogen (secondary N) is 2. The minimum Gasteiger partial charge on any atom is -0.459 e. The summed E-state index contributed by atoms with van der Waals surface area (Å²) in [7, 11) is 0. The summed E-state index contributed by atoms with van der Waals surface area (Å²) < 4.78 is 5.03. The first-order valence-corrected chi connectivity index (χ1v) is 8.60. The van der Waals surface area contributed by atoms with Gasteiger partial charge in [-0.3, -0.25) is 9.59 Å². The number of amides is 2. The normalized spacial score (nSPS) is 19.6. The number of rotatable bonds is 5. The van der Waals surface area contributed by atoms with Gasteiger partial charge < -0.3 is 20.8 Å². The molecule has 0 unspecified atom stereocenters. The molecule has 2 aromatic rings. The van der Waals surface area contributed by atoms with Gasteiger partial charge in [0.15, 0.2) is 5.76 Å². The van der Waals surface area contributed by atoms with Crippen LogP contribution in [0.4, 0.5) is 11.4 Å². The quantitative estimate of drug-likeness (QED) is 0.757. The van der Waals surface area contributed by atoms with Crippen molar-refractivity contribution in [3.63, 3.8) is 0 Å². The third kappa shape index (κ3) is 4.41. The van der Waals surface area contributed by atoms with E-state index >= 15 is 0 Å². The van der Waals surface area contributed by atoms with E-state index in [4.69, 9.17) is 21.8 Å². The molecule has 0 radical (unpaired) electrons. The van der Waals surface area contributed by atoms with E-state index in [2.05, 4.69) is 10.6 Å². The number of carbonyl (C=O) groups is 2. The zero-order valence-electron chi connectivity index (χ0n) is 13.6. The van der Waals surface area contributed by atoms with Crippen molar-refractivity contribution in [3.8, 4) is 0 Å². The molecule has 0 spiro atoms. The first-order valence-electron chi connectivity index (χ1n) is 8.23. The maximum Gasteiger partial charge on any atom is 0.291 e. The fourth-order valence-corrected chi connectivity index (χ4v) is 3.28. The van der Waals surface area contributed by atoms with Crippen molar-refractivity contribution in [2.45, 2.75) is 31.7 Å². The van der Waals surface area contributed by atoms with Gasteiger partial charge in [-0.15, -0.1) is 0 Å². The second kappa shape index (κ2) is 7.72. The second-order valence-corrected chi connectivity index (χ2v) is 6.64. The van der Waals surface area contributed by atoms with Gasteiger partial charge in [0.05, 0.1) is 17.0 Å². The van der Waals surface area contributed by atoms with Crippen LogP contribution in [0.5, 0.6) is 0 Å². The van der Waals surface area contributed by atoms with E-state index in [1.807, 2.05) is 0 Å². The zero-order valence-corrected chi connectivity index (χ0v) is 14.4. The molecule has 1 aromatic carbocycles. The van der Waals surface area contributed by atoms with Gasteiger partial charge in [0.1, 0.15) is 0 Å². The lowest BCUT2D eigenvalue weighted by molar-refractivity contribution is -0.117. The van der Waals surface area contributed by atoms with Gasteiger partial charge in [-0.25, -0.2) is 0 Å². The summed E-state index contributed by atoms with van der Waals surface area (Å²) in [4.78, 5) is 24.1. The van der Waals surface area contributed by atoms with Crippen LogP contribution in [-0.2, 0) is 4.79 Å². The molecule has 1 aliphatic rings. The van der Waals surface area contributed by atoms with Crippen molar-refractivity contribution in [3.05, 3.63) is 47.4 Å². The fourth-order valence-electron chi connectivity index (χ4n) is 3.06. The molecule has 1 aliphatic carbocycles. The second-order valence-electron chi connectivity index (χ2n) is 6.23. The first kappa shape index (κ1) is 17.5. The van der Waals surface area contributed by atoms with E-state index in [0.29, 0.717) is 22.8 Å². The molecule has 1 fully saturated rings. The zero-order chi connectivity index (χ0) is 17.8. The molecule has 3 rings (SSSR count). The summed E-state index contributed by atoms with van der Waals surface area (Å²) in [6.07, 6.45) is 4.89. The van der Waals surface area contributed by atoms with Crippen molar-refractivity contribution in [2.24, 2.45) is 11.7 Å². The molecule has 0 saturated heterocycles. The highest BCUT2D eigenvalue weighted by molar-refractivity contribution is 6.34. The number of hydrogen-bond donors (Lipinski definition) is 3. The van der Waals surface area contributed by atoms with E-state index in [1.165, 1.54) is 6.26 Å². The van der Waals surface area contributed by atoms with Crippen molar-refractivity contribution < 1.29 is 14.0 Å². The largest absolute Gasteiger partial charge is 0.459 e. The van der Waals surface area contributed by atoms with Gasteiger partial charge in [-0.05, 0) is 49.1 Å². The van der Waals surface area contributed by atoms with Crippen LogP contribution in [0.2, 0.25) is 5.02 Å². The maximum atomic E-state index is 12.2. The van der Waals surface area contributed by atoms with E-state index in [1.54, 1.807) is 30.3 Å². The van der Waals surface area contributed by atoms with Gasteiger partial charge in [0, 0.05) is 18.2 Å². The summed E-state index contributed by atoms with van der Waals surface area (Å²) in [5.41, 5.74) is 7.03. The Morgan fingerprint density at radius 2 is 2.08 bits per heavy atom. The van der Waals surface area contributed by atoms with Gasteiger partial charge in [-0.2, -0.15) is 0 Å². The predicted molar refractivity (Wildman–Crippen MR) is 96.7 cm³/mol. The Balaban J connectivity index is 1.59. The van der Waals surface area contributed by atoms with Crippen molar-refractivity contribution in [1.29, 1.82) is 0 Å². The number of anilines is 2. The minimum absolute atomic E-state index is 0.0780. The van der Waals surface area contributed by atoms with Crippen LogP contribution in [-0.4, -0.2) is 17.9 Å². The molecule has 0 bridgehead atoms. The van der Waals surface area contributed by atoms with E-state index in [0.717, 1.165) is 19.3 Å². The molecule has 4 N–H and O–H groups in total. The van der Waals surface area contributed by atoms with Gasteiger partial charge in [0.25, 0.3) is 5.91 Å². The first-order chi connectivity index (χ1) is 12.0. The lowest BCUT2D eigenvalue weighted by Crippen LogP contribution is -2.28. The standard InChI is InChI=1S/C18H20ClN3O3/c19-13-10-12(21-17(23)9-11-3-1-4-14(11)20)6-7-15(13)22-18(24)16-5-2-8-25-16/h2,5-8,10-11,14H,1,3-4,9,20H2,(H,21,23)(H,22,24)/t11-,14+/m0/s1. The van der Waals surface area contributed by atoms with Crippen LogP contribution in [0.15, 0.2) is 41.0 Å². The minimum atomic E-state index is -0.390. The van der Waals surface area contributed by atoms with E-state index in [-0.39, 0.29) is 29.5 Å². The summed E-state index contributed by atoms with van der Waals surface area (Å²) in [5, 5.41) is 5.82. The average molecular weight is 362 g/mol. The van der Waals surface area contributed by atoms with Crippen molar-refractivity contribution in [1.82, 2.24) is 0 Å². The van der Waals surface area contributed by atoms with Crippen LogP contribution in [0.3, 0.4) is 0 Å². The Morgan fingerprint density at radius 1 is 1.24 bits per heavy atom. The fraction of sp³-hybridized carbons (Fsp3) is 0.333. The topological polar surface area (TPSA) is 97.4 Å². The average Bonchev–Trinajstić information content (AvgIpc) is 3.22. The van der Waals surface area contributed by atoms with Crippen LogP contribution in [0.1, 0.15) is 36.2 Å². The molecule has 2 atom stereocenters. The molecular weight excluding hydrogens is 342 g/mol. The van der Waals surface area contributed by atoms with E-state index < -0.39 is 0 Å².